The smallest absolute Gasteiger partial charge is 0.326 e. The van der Waals surface area contributed by atoms with Crippen molar-refractivity contribution in [3.63, 3.8) is 0 Å². The Morgan fingerprint density at radius 2 is 1.88 bits per heavy atom. The summed E-state index contributed by atoms with van der Waals surface area (Å²) in [6.45, 7) is 0. The second-order valence-electron chi connectivity index (χ2n) is 5.57. The van der Waals surface area contributed by atoms with Crippen LogP contribution in [0.2, 0.25) is 0 Å². The fourth-order valence-electron chi connectivity index (χ4n) is 2.50. The Kier molecular flexibility index (Phi) is 5.09. The van der Waals surface area contributed by atoms with E-state index in [4.69, 9.17) is 0 Å². The van der Waals surface area contributed by atoms with Gasteiger partial charge in [0.05, 0.1) is 5.52 Å². The molecule has 0 saturated heterocycles. The van der Waals surface area contributed by atoms with Crippen molar-refractivity contribution in [3.05, 3.63) is 76.4 Å². The van der Waals surface area contributed by atoms with E-state index in [1.807, 2.05) is 30.3 Å². The Morgan fingerprint density at radius 1 is 1.08 bits per heavy atom. The molecule has 3 rings (SSSR count). The molecule has 1 aromatic heterocycles. The monoisotopic (exact) mass is 398 g/mol. The Balaban J connectivity index is 1.78. The van der Waals surface area contributed by atoms with Crippen molar-refractivity contribution in [2.24, 2.45) is 0 Å². The third-order valence-corrected chi connectivity index (χ3v) is 4.25. The first kappa shape index (κ1) is 17.1. The first-order chi connectivity index (χ1) is 12.0. The van der Waals surface area contributed by atoms with Gasteiger partial charge >= 0.3 is 5.97 Å². The number of carbonyl (C=O) groups is 2. The molecule has 0 saturated carbocycles. The van der Waals surface area contributed by atoms with E-state index in [-0.39, 0.29) is 6.42 Å². The van der Waals surface area contributed by atoms with Crippen LogP contribution in [0.5, 0.6) is 0 Å². The number of carbonyl (C=O) groups excluding carboxylic acids is 1. The van der Waals surface area contributed by atoms with E-state index in [0.29, 0.717) is 11.3 Å². The molecule has 2 aromatic carbocycles. The second kappa shape index (κ2) is 7.44. The van der Waals surface area contributed by atoms with Crippen molar-refractivity contribution in [3.8, 4) is 0 Å². The van der Waals surface area contributed by atoms with Crippen molar-refractivity contribution in [2.75, 3.05) is 0 Å². The molecule has 25 heavy (non-hydrogen) atoms. The zero-order valence-electron chi connectivity index (χ0n) is 13.1. The molecule has 1 atom stereocenters. The number of rotatable bonds is 5. The van der Waals surface area contributed by atoms with E-state index in [1.165, 1.54) is 0 Å². The van der Waals surface area contributed by atoms with Crippen molar-refractivity contribution < 1.29 is 14.7 Å². The summed E-state index contributed by atoms with van der Waals surface area (Å²) >= 11 is 3.30. The summed E-state index contributed by atoms with van der Waals surface area (Å²) in [6.07, 6.45) is 0.111. The normalized spacial score (nSPS) is 11.9. The summed E-state index contributed by atoms with van der Waals surface area (Å²) < 4.78 is 0.753. The molecule has 0 aliphatic carbocycles. The van der Waals surface area contributed by atoms with Crippen LogP contribution in [0.15, 0.2) is 65.1 Å². The van der Waals surface area contributed by atoms with Crippen LogP contribution in [0.25, 0.3) is 10.9 Å². The maximum atomic E-state index is 12.3. The number of benzene rings is 2. The summed E-state index contributed by atoms with van der Waals surface area (Å²) in [7, 11) is 0. The van der Waals surface area contributed by atoms with Gasteiger partial charge in [-0.3, -0.25) is 9.78 Å². The van der Waals surface area contributed by atoms with Gasteiger partial charge in [-0.2, -0.15) is 0 Å². The average molecular weight is 399 g/mol. The number of aliphatic carboxylic acids is 1. The molecule has 0 unspecified atom stereocenters. The second-order valence-corrected chi connectivity index (χ2v) is 6.49. The predicted molar refractivity (Wildman–Crippen MR) is 98.5 cm³/mol. The lowest BCUT2D eigenvalue weighted by Gasteiger charge is -2.14. The van der Waals surface area contributed by atoms with Crippen LogP contribution in [-0.4, -0.2) is 28.0 Å². The molecule has 0 radical (unpaired) electrons. The molecule has 0 bridgehead atoms. The average Bonchev–Trinajstić information content (AvgIpc) is 2.61. The lowest BCUT2D eigenvalue weighted by Crippen LogP contribution is -2.42. The van der Waals surface area contributed by atoms with Crippen LogP contribution in [-0.2, 0) is 11.2 Å². The Labute approximate surface area is 152 Å². The molecular formula is C19H15BrN2O3. The summed E-state index contributed by atoms with van der Waals surface area (Å²) in [5.74, 6) is -1.53. The number of hydrogen-bond acceptors (Lipinski definition) is 3. The number of hydrogen-bond donors (Lipinski definition) is 2. The quantitative estimate of drug-likeness (QED) is 0.689. The number of halogens is 1. The van der Waals surface area contributed by atoms with Gasteiger partial charge in [0.15, 0.2) is 0 Å². The van der Waals surface area contributed by atoms with E-state index in [1.54, 1.807) is 30.3 Å². The van der Waals surface area contributed by atoms with Crippen LogP contribution in [0.4, 0.5) is 0 Å². The van der Waals surface area contributed by atoms with Gasteiger partial charge in [-0.25, -0.2) is 4.79 Å². The van der Waals surface area contributed by atoms with Crippen LogP contribution < -0.4 is 5.32 Å². The highest BCUT2D eigenvalue weighted by Gasteiger charge is 2.22. The zero-order chi connectivity index (χ0) is 17.8. The molecule has 3 aromatic rings. The minimum absolute atomic E-state index is 0.111. The number of amides is 1. The highest BCUT2D eigenvalue weighted by Crippen LogP contribution is 2.14. The molecule has 0 fully saturated rings. The highest BCUT2D eigenvalue weighted by molar-refractivity contribution is 9.10. The van der Waals surface area contributed by atoms with Gasteiger partial charge in [-0.05, 0) is 30.3 Å². The van der Waals surface area contributed by atoms with Crippen LogP contribution in [0.3, 0.4) is 0 Å². The van der Waals surface area contributed by atoms with Crippen molar-refractivity contribution >= 4 is 38.7 Å². The lowest BCUT2D eigenvalue weighted by molar-refractivity contribution is -0.139. The minimum Gasteiger partial charge on any atom is -0.480 e. The van der Waals surface area contributed by atoms with Crippen molar-refractivity contribution in [1.82, 2.24) is 10.3 Å². The van der Waals surface area contributed by atoms with E-state index >= 15 is 0 Å². The number of pyridine rings is 1. The molecule has 0 aliphatic rings. The minimum atomic E-state index is -1.10. The van der Waals surface area contributed by atoms with E-state index in [2.05, 4.69) is 26.2 Å². The first-order valence-corrected chi connectivity index (χ1v) is 8.46. The SMILES string of the molecule is O=C(N[C@@H](Cc1ccc2ccccc2n1)C(=O)O)c1cccc(Br)c1. The van der Waals surface area contributed by atoms with Gasteiger partial charge in [0.25, 0.3) is 5.91 Å². The molecule has 0 aliphatic heterocycles. The number of aromatic nitrogens is 1. The number of nitrogens with zero attached hydrogens (tertiary/aromatic N) is 1. The summed E-state index contributed by atoms with van der Waals surface area (Å²) in [4.78, 5) is 28.3. The molecule has 5 nitrogen and oxygen atoms in total. The topological polar surface area (TPSA) is 79.3 Å². The summed E-state index contributed by atoms with van der Waals surface area (Å²) in [5, 5.41) is 13.0. The van der Waals surface area contributed by atoms with Gasteiger partial charge in [-0.15, -0.1) is 0 Å². The number of carboxylic acid groups (broad SMARTS) is 1. The molecular weight excluding hydrogens is 384 g/mol. The third-order valence-electron chi connectivity index (χ3n) is 3.76. The highest BCUT2D eigenvalue weighted by atomic mass is 79.9. The molecule has 2 N–H and O–H groups in total. The standard InChI is InChI=1S/C19H15BrN2O3/c20-14-6-3-5-13(10-14)18(23)22-17(19(24)25)11-15-9-8-12-4-1-2-7-16(12)21-15/h1-10,17H,11H2,(H,22,23)(H,24,25)/t17-/m0/s1. The predicted octanol–water partition coefficient (Wildman–Crippen LogP) is 3.42. The van der Waals surface area contributed by atoms with Crippen molar-refractivity contribution in [2.45, 2.75) is 12.5 Å². The summed E-state index contributed by atoms with van der Waals surface area (Å²) in [6, 6.07) is 17.0. The Morgan fingerprint density at radius 3 is 2.64 bits per heavy atom. The fraction of sp³-hybridized carbons (Fsp3) is 0.105. The van der Waals surface area contributed by atoms with Crippen LogP contribution in [0, 0.1) is 0 Å². The maximum absolute atomic E-state index is 12.3. The molecule has 6 heteroatoms. The van der Waals surface area contributed by atoms with E-state index < -0.39 is 17.9 Å². The van der Waals surface area contributed by atoms with Gasteiger partial charge < -0.3 is 10.4 Å². The third kappa shape index (κ3) is 4.22. The van der Waals surface area contributed by atoms with E-state index in [0.717, 1.165) is 15.4 Å². The molecule has 0 spiro atoms. The number of fused-ring (bicyclic) bond motifs is 1. The maximum Gasteiger partial charge on any atom is 0.326 e. The number of para-hydroxylation sites is 1. The zero-order valence-corrected chi connectivity index (χ0v) is 14.7. The van der Waals surface area contributed by atoms with Gasteiger partial charge in [0, 0.05) is 27.5 Å². The largest absolute Gasteiger partial charge is 0.480 e. The number of carboxylic acids is 1. The molecule has 126 valence electrons. The number of nitrogens with one attached hydrogen (secondary N) is 1. The molecule has 1 heterocycles. The Bertz CT molecular complexity index is 943. The lowest BCUT2D eigenvalue weighted by atomic mass is 10.1. The van der Waals surface area contributed by atoms with Crippen LogP contribution in [0.1, 0.15) is 16.1 Å². The first-order valence-electron chi connectivity index (χ1n) is 7.67. The Hall–Kier alpha value is -2.73. The van der Waals surface area contributed by atoms with E-state index in [9.17, 15) is 14.7 Å². The van der Waals surface area contributed by atoms with Gasteiger partial charge in [0.2, 0.25) is 0 Å². The summed E-state index contributed by atoms with van der Waals surface area (Å²) in [5.41, 5.74) is 1.80. The van der Waals surface area contributed by atoms with Crippen molar-refractivity contribution in [1.29, 1.82) is 0 Å². The molecule has 1 amide bonds. The van der Waals surface area contributed by atoms with Gasteiger partial charge in [-0.1, -0.05) is 46.3 Å². The fourth-order valence-corrected chi connectivity index (χ4v) is 2.90. The van der Waals surface area contributed by atoms with Gasteiger partial charge in [0.1, 0.15) is 6.04 Å². The van der Waals surface area contributed by atoms with Crippen LogP contribution >= 0.6 is 15.9 Å².